The standard InChI is InChI=1S/C25H25ClO4/c1-4-17-6-5-7-19(11-17)22-13-18(8-9-24(22)27)12-21-16(2)10-20(14-23(21)26)30-15-25(28)29-3/h5-11,13-14,27H,4,12,15H2,1-3H3. The van der Waals surface area contributed by atoms with E-state index in [9.17, 15) is 9.90 Å². The third-order valence-electron chi connectivity index (χ3n) is 5.06. The normalized spacial score (nSPS) is 10.7. The molecule has 156 valence electrons. The molecule has 0 heterocycles. The van der Waals surface area contributed by atoms with Gasteiger partial charge in [-0.3, -0.25) is 0 Å². The first-order chi connectivity index (χ1) is 14.4. The van der Waals surface area contributed by atoms with Crippen LogP contribution < -0.4 is 4.74 Å². The molecule has 0 aromatic heterocycles. The van der Waals surface area contributed by atoms with Crippen molar-refractivity contribution in [1.29, 1.82) is 0 Å². The van der Waals surface area contributed by atoms with Gasteiger partial charge in [0.05, 0.1) is 7.11 Å². The first-order valence-corrected chi connectivity index (χ1v) is 10.2. The largest absolute Gasteiger partial charge is 0.507 e. The Labute approximate surface area is 182 Å². The number of esters is 1. The van der Waals surface area contributed by atoms with Crippen LogP contribution in [0, 0.1) is 6.92 Å². The van der Waals surface area contributed by atoms with Crippen LogP contribution in [0.1, 0.15) is 29.2 Å². The van der Waals surface area contributed by atoms with Crippen LogP contribution in [0.2, 0.25) is 5.02 Å². The van der Waals surface area contributed by atoms with Gasteiger partial charge in [0, 0.05) is 10.6 Å². The molecule has 0 amide bonds. The Balaban J connectivity index is 1.87. The topological polar surface area (TPSA) is 55.8 Å². The number of aromatic hydroxyl groups is 1. The SMILES string of the molecule is CCc1cccc(-c2cc(Cc3c(C)cc(OCC(=O)OC)cc3Cl)ccc2O)c1. The lowest BCUT2D eigenvalue weighted by atomic mass is 9.95. The number of carbonyl (C=O) groups is 1. The maximum atomic E-state index is 11.3. The molecule has 0 spiro atoms. The fourth-order valence-corrected chi connectivity index (χ4v) is 3.66. The number of phenolic OH excluding ortho intramolecular Hbond substituents is 1. The number of aryl methyl sites for hydroxylation is 2. The molecule has 0 fully saturated rings. The van der Waals surface area contributed by atoms with Crippen molar-refractivity contribution in [3.8, 4) is 22.6 Å². The molecule has 0 bridgehead atoms. The van der Waals surface area contributed by atoms with Gasteiger partial charge in [-0.1, -0.05) is 48.9 Å². The van der Waals surface area contributed by atoms with E-state index in [0.717, 1.165) is 34.2 Å². The highest BCUT2D eigenvalue weighted by atomic mass is 35.5. The third-order valence-corrected chi connectivity index (χ3v) is 5.40. The van der Waals surface area contributed by atoms with E-state index in [2.05, 4.69) is 23.8 Å². The summed E-state index contributed by atoms with van der Waals surface area (Å²) in [5, 5.41) is 11.0. The summed E-state index contributed by atoms with van der Waals surface area (Å²) < 4.78 is 10.0. The van der Waals surface area contributed by atoms with Gasteiger partial charge in [0.1, 0.15) is 11.5 Å². The molecule has 3 aromatic rings. The third kappa shape index (κ3) is 5.14. The quantitative estimate of drug-likeness (QED) is 0.492. The first-order valence-electron chi connectivity index (χ1n) is 9.81. The van der Waals surface area contributed by atoms with E-state index in [-0.39, 0.29) is 12.4 Å². The van der Waals surface area contributed by atoms with Crippen LogP contribution in [-0.4, -0.2) is 24.8 Å². The molecular weight excluding hydrogens is 400 g/mol. The van der Waals surface area contributed by atoms with Crippen molar-refractivity contribution in [2.45, 2.75) is 26.7 Å². The molecule has 0 saturated heterocycles. The molecule has 3 rings (SSSR count). The predicted molar refractivity (Wildman–Crippen MR) is 119 cm³/mol. The Hall–Kier alpha value is -2.98. The molecule has 0 saturated carbocycles. The summed E-state index contributed by atoms with van der Waals surface area (Å²) >= 11 is 6.52. The van der Waals surface area contributed by atoms with Gasteiger partial charge in [-0.2, -0.15) is 0 Å². The van der Waals surface area contributed by atoms with E-state index >= 15 is 0 Å². The van der Waals surface area contributed by atoms with Crippen molar-refractivity contribution in [3.63, 3.8) is 0 Å². The van der Waals surface area contributed by atoms with Gasteiger partial charge in [-0.05, 0) is 71.8 Å². The number of ether oxygens (including phenoxy) is 2. The Morgan fingerprint density at radius 3 is 2.57 bits per heavy atom. The van der Waals surface area contributed by atoms with Gasteiger partial charge in [0.15, 0.2) is 6.61 Å². The molecule has 0 aliphatic heterocycles. The zero-order valence-electron chi connectivity index (χ0n) is 17.4. The molecule has 0 aliphatic rings. The summed E-state index contributed by atoms with van der Waals surface area (Å²) in [4.78, 5) is 11.3. The van der Waals surface area contributed by atoms with E-state index in [1.165, 1.54) is 12.7 Å². The van der Waals surface area contributed by atoms with E-state index in [1.54, 1.807) is 12.1 Å². The van der Waals surface area contributed by atoms with Crippen molar-refractivity contribution in [1.82, 2.24) is 0 Å². The summed E-state index contributed by atoms with van der Waals surface area (Å²) in [6.07, 6.45) is 1.55. The van der Waals surface area contributed by atoms with Crippen molar-refractivity contribution in [2.75, 3.05) is 13.7 Å². The number of halogens is 1. The zero-order chi connectivity index (χ0) is 21.7. The van der Waals surface area contributed by atoms with Crippen LogP contribution in [0.25, 0.3) is 11.1 Å². The van der Waals surface area contributed by atoms with Crippen LogP contribution >= 0.6 is 11.6 Å². The van der Waals surface area contributed by atoms with Gasteiger partial charge in [-0.25, -0.2) is 4.79 Å². The number of methoxy groups -OCH3 is 1. The summed E-state index contributed by atoms with van der Waals surface area (Å²) in [7, 11) is 1.32. The van der Waals surface area contributed by atoms with Crippen LogP contribution in [0.5, 0.6) is 11.5 Å². The number of phenols is 1. The molecule has 0 aliphatic carbocycles. The molecule has 30 heavy (non-hydrogen) atoms. The highest BCUT2D eigenvalue weighted by Gasteiger charge is 2.12. The Bertz CT molecular complexity index is 1040. The molecule has 0 radical (unpaired) electrons. The van der Waals surface area contributed by atoms with Crippen LogP contribution in [-0.2, 0) is 22.4 Å². The molecule has 0 atom stereocenters. The lowest BCUT2D eigenvalue weighted by Gasteiger charge is -2.14. The summed E-state index contributed by atoms with van der Waals surface area (Å²) in [6.45, 7) is 3.90. The van der Waals surface area contributed by atoms with Crippen molar-refractivity contribution in [2.24, 2.45) is 0 Å². The van der Waals surface area contributed by atoms with E-state index in [1.807, 2.05) is 37.3 Å². The number of benzene rings is 3. The smallest absolute Gasteiger partial charge is 0.343 e. The average Bonchev–Trinajstić information content (AvgIpc) is 2.75. The highest BCUT2D eigenvalue weighted by Crippen LogP contribution is 2.33. The fourth-order valence-electron chi connectivity index (χ4n) is 3.34. The van der Waals surface area contributed by atoms with Gasteiger partial charge < -0.3 is 14.6 Å². The number of hydrogen-bond acceptors (Lipinski definition) is 4. The molecular formula is C25H25ClO4. The van der Waals surface area contributed by atoms with Crippen LogP contribution in [0.4, 0.5) is 0 Å². The summed E-state index contributed by atoms with van der Waals surface area (Å²) in [5.41, 5.74) is 5.99. The second-order valence-corrected chi connectivity index (χ2v) is 7.55. The minimum Gasteiger partial charge on any atom is -0.507 e. The second kappa shape index (κ2) is 9.68. The zero-order valence-corrected chi connectivity index (χ0v) is 18.1. The molecule has 0 unspecified atom stereocenters. The Morgan fingerprint density at radius 1 is 1.07 bits per heavy atom. The van der Waals surface area contributed by atoms with Crippen molar-refractivity contribution >= 4 is 17.6 Å². The molecule has 3 aromatic carbocycles. The second-order valence-electron chi connectivity index (χ2n) is 7.15. The maximum absolute atomic E-state index is 11.3. The van der Waals surface area contributed by atoms with E-state index < -0.39 is 5.97 Å². The monoisotopic (exact) mass is 424 g/mol. The Kier molecular flexibility index (Phi) is 7.01. The minimum absolute atomic E-state index is 0.163. The van der Waals surface area contributed by atoms with Gasteiger partial charge in [0.25, 0.3) is 0 Å². The predicted octanol–water partition coefficient (Wildman–Crippen LogP) is 5.73. The van der Waals surface area contributed by atoms with Crippen LogP contribution in [0.3, 0.4) is 0 Å². The van der Waals surface area contributed by atoms with Gasteiger partial charge >= 0.3 is 5.97 Å². The number of hydrogen-bond donors (Lipinski definition) is 1. The molecule has 4 nitrogen and oxygen atoms in total. The number of rotatable bonds is 7. The first kappa shape index (κ1) is 21.7. The number of carbonyl (C=O) groups excluding carboxylic acids is 1. The van der Waals surface area contributed by atoms with Gasteiger partial charge in [0.2, 0.25) is 0 Å². The fraction of sp³-hybridized carbons (Fsp3) is 0.240. The van der Waals surface area contributed by atoms with Crippen molar-refractivity contribution in [3.05, 3.63) is 81.9 Å². The van der Waals surface area contributed by atoms with Gasteiger partial charge in [-0.15, -0.1) is 0 Å². The minimum atomic E-state index is -0.448. The van der Waals surface area contributed by atoms with E-state index in [4.69, 9.17) is 16.3 Å². The summed E-state index contributed by atoms with van der Waals surface area (Å²) in [5.74, 6) is 0.326. The Morgan fingerprint density at radius 2 is 1.87 bits per heavy atom. The average molecular weight is 425 g/mol. The summed E-state index contributed by atoms with van der Waals surface area (Å²) in [6, 6.07) is 17.4. The maximum Gasteiger partial charge on any atom is 0.343 e. The van der Waals surface area contributed by atoms with Crippen molar-refractivity contribution < 1.29 is 19.4 Å². The lowest BCUT2D eigenvalue weighted by Crippen LogP contribution is -2.12. The highest BCUT2D eigenvalue weighted by molar-refractivity contribution is 6.31. The van der Waals surface area contributed by atoms with E-state index in [0.29, 0.717) is 17.2 Å². The van der Waals surface area contributed by atoms with Crippen LogP contribution in [0.15, 0.2) is 54.6 Å². The molecule has 5 heteroatoms. The lowest BCUT2D eigenvalue weighted by molar-refractivity contribution is -0.142. The molecule has 1 N–H and O–H groups in total.